The minimum absolute atomic E-state index is 0.0838. The number of hydrogen-bond acceptors (Lipinski definition) is 2. The third-order valence-corrected chi connectivity index (χ3v) is 3.10. The van der Waals surface area contributed by atoms with Crippen LogP contribution >= 0.6 is 0 Å². The van der Waals surface area contributed by atoms with Crippen LogP contribution in [-0.2, 0) is 10.7 Å². The molecule has 17 heavy (non-hydrogen) atoms. The molecule has 1 aromatic carbocycles. The molecule has 2 rings (SSSR count). The summed E-state index contributed by atoms with van der Waals surface area (Å²) in [4.78, 5) is 0. The average molecular weight is 241 g/mol. The highest BCUT2D eigenvalue weighted by Gasteiger charge is 2.28. The maximum absolute atomic E-state index is 13.4. The highest BCUT2D eigenvalue weighted by molar-refractivity contribution is 5.28. The number of halogens is 2. The lowest BCUT2D eigenvalue weighted by atomic mass is 10.0. The van der Waals surface area contributed by atoms with Crippen molar-refractivity contribution in [1.29, 1.82) is 0 Å². The Morgan fingerprint density at radius 3 is 2.59 bits per heavy atom. The number of nitrogens with one attached hydrogen (secondary N) is 1. The fourth-order valence-corrected chi connectivity index (χ4v) is 1.94. The van der Waals surface area contributed by atoms with E-state index < -0.39 is 5.92 Å². The summed E-state index contributed by atoms with van der Waals surface area (Å²) in [6.45, 7) is 3.61. The predicted octanol–water partition coefficient (Wildman–Crippen LogP) is 2.85. The van der Waals surface area contributed by atoms with Gasteiger partial charge in [-0.2, -0.15) is 0 Å². The van der Waals surface area contributed by atoms with E-state index in [0.29, 0.717) is 13.2 Å². The van der Waals surface area contributed by atoms with E-state index in [-0.39, 0.29) is 18.0 Å². The fraction of sp³-hybridized carbons (Fsp3) is 0.538. The first-order valence-corrected chi connectivity index (χ1v) is 5.93. The lowest BCUT2D eigenvalue weighted by Crippen LogP contribution is -2.34. The number of alkyl halides is 2. The van der Waals surface area contributed by atoms with Crippen molar-refractivity contribution in [2.75, 3.05) is 19.8 Å². The van der Waals surface area contributed by atoms with Gasteiger partial charge in [0, 0.05) is 18.5 Å². The van der Waals surface area contributed by atoms with Crippen molar-refractivity contribution >= 4 is 0 Å². The van der Waals surface area contributed by atoms with Crippen LogP contribution in [-0.4, -0.2) is 19.8 Å². The molecule has 1 aromatic rings. The van der Waals surface area contributed by atoms with E-state index in [1.54, 1.807) is 12.1 Å². The Hall–Kier alpha value is -1.00. The van der Waals surface area contributed by atoms with Crippen LogP contribution in [0.4, 0.5) is 8.78 Å². The molecule has 0 spiro atoms. The second kappa shape index (κ2) is 5.10. The molecule has 1 aliphatic rings. The SMILES string of the molecule is CCC(F)(F)c1ccc(C2COCCN2)cc1. The number of ether oxygens (including phenoxy) is 1. The van der Waals surface area contributed by atoms with E-state index in [4.69, 9.17) is 4.74 Å². The van der Waals surface area contributed by atoms with Gasteiger partial charge in [0.2, 0.25) is 0 Å². The summed E-state index contributed by atoms with van der Waals surface area (Å²) < 4.78 is 32.2. The molecule has 4 heteroatoms. The number of morpholine rings is 1. The molecule has 0 aliphatic carbocycles. The van der Waals surface area contributed by atoms with Crippen LogP contribution in [0.25, 0.3) is 0 Å². The molecule has 0 radical (unpaired) electrons. The molecule has 1 aliphatic heterocycles. The van der Waals surface area contributed by atoms with E-state index in [0.717, 1.165) is 12.1 Å². The Morgan fingerprint density at radius 1 is 1.35 bits per heavy atom. The van der Waals surface area contributed by atoms with Crippen molar-refractivity contribution in [2.24, 2.45) is 0 Å². The number of rotatable bonds is 3. The first kappa shape index (κ1) is 12.5. The molecule has 1 unspecified atom stereocenters. The van der Waals surface area contributed by atoms with Crippen LogP contribution in [0.15, 0.2) is 24.3 Å². The molecule has 2 nitrogen and oxygen atoms in total. The summed E-state index contributed by atoms with van der Waals surface area (Å²) in [7, 11) is 0. The van der Waals surface area contributed by atoms with Gasteiger partial charge in [-0.15, -0.1) is 0 Å². The Labute approximate surface area is 100.0 Å². The first-order valence-electron chi connectivity index (χ1n) is 5.93. The molecule has 94 valence electrons. The van der Waals surface area contributed by atoms with Crippen molar-refractivity contribution < 1.29 is 13.5 Å². The third-order valence-electron chi connectivity index (χ3n) is 3.10. The summed E-state index contributed by atoms with van der Waals surface area (Å²) >= 11 is 0. The molecule has 0 saturated carbocycles. The van der Waals surface area contributed by atoms with Crippen LogP contribution in [0.1, 0.15) is 30.5 Å². The predicted molar refractivity (Wildman–Crippen MR) is 62.2 cm³/mol. The smallest absolute Gasteiger partial charge is 0.273 e. The van der Waals surface area contributed by atoms with Gasteiger partial charge in [0.05, 0.1) is 19.3 Å². The van der Waals surface area contributed by atoms with Crippen LogP contribution in [0.5, 0.6) is 0 Å². The van der Waals surface area contributed by atoms with Gasteiger partial charge in [0.1, 0.15) is 0 Å². The minimum Gasteiger partial charge on any atom is -0.378 e. The number of benzene rings is 1. The molecule has 1 atom stereocenters. The highest BCUT2D eigenvalue weighted by Crippen LogP contribution is 2.31. The van der Waals surface area contributed by atoms with Crippen molar-refractivity contribution in [1.82, 2.24) is 5.32 Å². The van der Waals surface area contributed by atoms with E-state index in [2.05, 4.69) is 5.32 Å². The van der Waals surface area contributed by atoms with Gasteiger partial charge in [-0.3, -0.25) is 0 Å². The van der Waals surface area contributed by atoms with Gasteiger partial charge in [0.25, 0.3) is 5.92 Å². The molecule has 1 saturated heterocycles. The summed E-state index contributed by atoms with van der Waals surface area (Å²) in [5.41, 5.74) is 1.08. The first-order chi connectivity index (χ1) is 8.13. The topological polar surface area (TPSA) is 21.3 Å². The second-order valence-corrected chi connectivity index (χ2v) is 4.26. The second-order valence-electron chi connectivity index (χ2n) is 4.26. The van der Waals surface area contributed by atoms with E-state index >= 15 is 0 Å². The van der Waals surface area contributed by atoms with Crippen LogP contribution in [0, 0.1) is 0 Å². The van der Waals surface area contributed by atoms with Crippen LogP contribution < -0.4 is 5.32 Å². The summed E-state index contributed by atoms with van der Waals surface area (Å²) in [6.07, 6.45) is -0.170. The minimum atomic E-state index is -2.73. The quantitative estimate of drug-likeness (QED) is 0.878. The maximum Gasteiger partial charge on any atom is 0.273 e. The normalized spacial score (nSPS) is 21.5. The molecular formula is C13H17F2NO. The molecule has 1 fully saturated rings. The van der Waals surface area contributed by atoms with E-state index in [9.17, 15) is 8.78 Å². The van der Waals surface area contributed by atoms with Gasteiger partial charge in [-0.25, -0.2) is 8.78 Å². The lowest BCUT2D eigenvalue weighted by molar-refractivity contribution is -0.00832. The molecule has 0 aromatic heterocycles. The van der Waals surface area contributed by atoms with Crippen molar-refractivity contribution in [3.63, 3.8) is 0 Å². The van der Waals surface area contributed by atoms with Crippen LogP contribution in [0.3, 0.4) is 0 Å². The lowest BCUT2D eigenvalue weighted by Gasteiger charge is -2.24. The fourth-order valence-electron chi connectivity index (χ4n) is 1.94. The van der Waals surface area contributed by atoms with Crippen LogP contribution in [0.2, 0.25) is 0 Å². The van der Waals surface area contributed by atoms with E-state index in [1.807, 2.05) is 0 Å². The highest BCUT2D eigenvalue weighted by atomic mass is 19.3. The molecule has 1 N–H and O–H groups in total. The zero-order valence-electron chi connectivity index (χ0n) is 9.88. The zero-order chi connectivity index (χ0) is 12.3. The van der Waals surface area contributed by atoms with Gasteiger partial charge < -0.3 is 10.1 Å². The standard InChI is InChI=1S/C13H17F2NO/c1-2-13(14,15)11-5-3-10(4-6-11)12-9-17-8-7-16-12/h3-6,12,16H,2,7-9H2,1H3. The number of hydrogen-bond donors (Lipinski definition) is 1. The largest absolute Gasteiger partial charge is 0.378 e. The maximum atomic E-state index is 13.4. The Bertz CT molecular complexity index is 358. The van der Waals surface area contributed by atoms with Gasteiger partial charge in [0.15, 0.2) is 0 Å². The molecule has 0 amide bonds. The third kappa shape index (κ3) is 2.82. The Kier molecular flexibility index (Phi) is 3.74. The van der Waals surface area contributed by atoms with Crippen molar-refractivity contribution in [3.8, 4) is 0 Å². The Balaban J connectivity index is 2.12. The van der Waals surface area contributed by atoms with Crippen molar-refractivity contribution in [2.45, 2.75) is 25.3 Å². The zero-order valence-corrected chi connectivity index (χ0v) is 9.88. The molecule has 1 heterocycles. The summed E-state index contributed by atoms with van der Waals surface area (Å²) in [6, 6.07) is 6.65. The van der Waals surface area contributed by atoms with E-state index in [1.165, 1.54) is 19.1 Å². The summed E-state index contributed by atoms with van der Waals surface area (Å²) in [5.74, 6) is -2.73. The van der Waals surface area contributed by atoms with Crippen molar-refractivity contribution in [3.05, 3.63) is 35.4 Å². The van der Waals surface area contributed by atoms with Gasteiger partial charge in [-0.1, -0.05) is 31.2 Å². The Morgan fingerprint density at radius 2 is 2.06 bits per heavy atom. The summed E-state index contributed by atoms with van der Waals surface area (Å²) in [5, 5.41) is 3.30. The van der Waals surface area contributed by atoms with Gasteiger partial charge >= 0.3 is 0 Å². The van der Waals surface area contributed by atoms with Gasteiger partial charge in [-0.05, 0) is 5.56 Å². The average Bonchev–Trinajstić information content (AvgIpc) is 2.40. The molecular weight excluding hydrogens is 224 g/mol. The monoisotopic (exact) mass is 241 g/mol. The molecule has 0 bridgehead atoms.